The van der Waals surface area contributed by atoms with Crippen LogP contribution in [0.1, 0.15) is 11.4 Å². The number of para-hydroxylation sites is 2. The van der Waals surface area contributed by atoms with Crippen LogP contribution in [0.2, 0.25) is 19.6 Å². The lowest BCUT2D eigenvalue weighted by Gasteiger charge is -2.20. The van der Waals surface area contributed by atoms with Crippen LogP contribution < -0.4 is 4.43 Å². The fourth-order valence-corrected chi connectivity index (χ4v) is 3.37. The number of hydrogen-bond donors (Lipinski definition) is 0. The maximum absolute atomic E-state index is 6.19. The quantitative estimate of drug-likeness (QED) is 0.504. The van der Waals surface area contributed by atoms with Gasteiger partial charge in [-0.05, 0) is 56.4 Å². The van der Waals surface area contributed by atoms with Gasteiger partial charge in [0.05, 0.1) is 17.2 Å². The molecule has 0 unspecified atom stereocenters. The van der Waals surface area contributed by atoms with Gasteiger partial charge in [0.15, 0.2) is 5.82 Å². The number of aryl methyl sites for hydroxylation is 2. The van der Waals surface area contributed by atoms with Crippen LogP contribution in [-0.2, 0) is 7.05 Å². The van der Waals surface area contributed by atoms with Crippen molar-refractivity contribution in [3.8, 4) is 5.75 Å². The van der Waals surface area contributed by atoms with E-state index in [1.807, 2.05) is 42.1 Å². The summed E-state index contributed by atoms with van der Waals surface area (Å²) < 4.78 is 8.24. The molecule has 1 aromatic heterocycles. The summed E-state index contributed by atoms with van der Waals surface area (Å²) in [5, 5.41) is 0. The number of aromatic nitrogens is 2. The van der Waals surface area contributed by atoms with Gasteiger partial charge < -0.3 is 8.99 Å². The van der Waals surface area contributed by atoms with Crippen LogP contribution in [-0.4, -0.2) is 24.1 Å². The zero-order valence-electron chi connectivity index (χ0n) is 14.9. The molecule has 0 bridgehead atoms. The Labute approximate surface area is 144 Å². The van der Waals surface area contributed by atoms with Gasteiger partial charge in [-0.1, -0.05) is 18.2 Å². The van der Waals surface area contributed by atoms with Crippen LogP contribution in [0.15, 0.2) is 47.5 Å². The summed E-state index contributed by atoms with van der Waals surface area (Å²) >= 11 is 0. The van der Waals surface area contributed by atoms with Gasteiger partial charge in [-0.2, -0.15) is 0 Å². The van der Waals surface area contributed by atoms with Crippen molar-refractivity contribution >= 4 is 31.3 Å². The van der Waals surface area contributed by atoms with E-state index in [4.69, 9.17) is 4.43 Å². The molecule has 24 heavy (non-hydrogen) atoms. The van der Waals surface area contributed by atoms with E-state index in [0.29, 0.717) is 0 Å². The summed E-state index contributed by atoms with van der Waals surface area (Å²) in [5.41, 5.74) is 4.09. The molecule has 0 atom stereocenters. The summed E-state index contributed by atoms with van der Waals surface area (Å²) in [4.78, 5) is 9.28. The second kappa shape index (κ2) is 6.24. The van der Waals surface area contributed by atoms with Crippen molar-refractivity contribution in [2.75, 3.05) is 0 Å². The predicted molar refractivity (Wildman–Crippen MR) is 103 cm³/mol. The molecule has 3 rings (SSSR count). The highest BCUT2D eigenvalue weighted by molar-refractivity contribution is 6.70. The minimum absolute atomic E-state index is 0.829. The molecule has 3 aromatic rings. The van der Waals surface area contributed by atoms with E-state index in [1.54, 1.807) is 0 Å². The van der Waals surface area contributed by atoms with Gasteiger partial charge in [0.2, 0.25) is 8.32 Å². The molecule has 0 N–H and O–H groups in total. The predicted octanol–water partition coefficient (Wildman–Crippen LogP) is 4.85. The van der Waals surface area contributed by atoms with Crippen molar-refractivity contribution < 1.29 is 4.43 Å². The van der Waals surface area contributed by atoms with Gasteiger partial charge in [0, 0.05) is 7.05 Å². The molecule has 1 heterocycles. The first kappa shape index (κ1) is 16.5. The first-order valence-corrected chi connectivity index (χ1v) is 11.5. The molecule has 0 saturated carbocycles. The molecule has 2 aromatic carbocycles. The number of fused-ring (bicyclic) bond motifs is 1. The molecule has 124 valence electrons. The third-order valence-corrected chi connectivity index (χ3v) is 4.50. The van der Waals surface area contributed by atoms with Crippen LogP contribution in [0.25, 0.3) is 11.0 Å². The van der Waals surface area contributed by atoms with E-state index < -0.39 is 8.32 Å². The number of hydrogen-bond acceptors (Lipinski definition) is 3. The highest BCUT2D eigenvalue weighted by Gasteiger charge is 2.18. The Morgan fingerprint density at radius 3 is 2.58 bits per heavy atom. The van der Waals surface area contributed by atoms with E-state index in [9.17, 15) is 0 Å². The smallest absolute Gasteiger partial charge is 0.242 e. The highest BCUT2D eigenvalue weighted by Crippen LogP contribution is 2.30. The Kier molecular flexibility index (Phi) is 4.28. The second-order valence-corrected chi connectivity index (χ2v) is 11.4. The normalized spacial score (nSPS) is 12.2. The molecule has 0 amide bonds. The molecular weight excluding hydrogens is 314 g/mol. The van der Waals surface area contributed by atoms with Crippen molar-refractivity contribution in [3.05, 3.63) is 53.9 Å². The Hall–Kier alpha value is -2.40. The summed E-state index contributed by atoms with van der Waals surface area (Å²) in [6.07, 6.45) is 1.81. The number of imidazole rings is 1. The lowest BCUT2D eigenvalue weighted by atomic mass is 10.2. The van der Waals surface area contributed by atoms with E-state index in [1.165, 1.54) is 5.56 Å². The third kappa shape index (κ3) is 3.57. The van der Waals surface area contributed by atoms with E-state index in [0.717, 1.165) is 28.3 Å². The number of aliphatic imine (C=N–C) groups is 1. The number of rotatable bonds is 4. The average molecular weight is 337 g/mol. The second-order valence-electron chi connectivity index (χ2n) is 6.96. The van der Waals surface area contributed by atoms with Crippen molar-refractivity contribution in [3.63, 3.8) is 0 Å². The lowest BCUT2D eigenvalue weighted by molar-refractivity contribution is 0.558. The van der Waals surface area contributed by atoms with Crippen molar-refractivity contribution in [1.82, 2.24) is 9.55 Å². The zero-order chi connectivity index (χ0) is 17.3. The Morgan fingerprint density at radius 2 is 1.88 bits per heavy atom. The van der Waals surface area contributed by atoms with Crippen LogP contribution in [0.5, 0.6) is 5.75 Å². The lowest BCUT2D eigenvalue weighted by Crippen LogP contribution is -2.29. The van der Waals surface area contributed by atoms with E-state index >= 15 is 0 Å². The van der Waals surface area contributed by atoms with Gasteiger partial charge in [-0.15, -0.1) is 0 Å². The number of nitrogens with zero attached hydrogens (tertiary/aromatic N) is 3. The van der Waals surface area contributed by atoms with E-state index in [-0.39, 0.29) is 0 Å². The fourth-order valence-electron chi connectivity index (χ4n) is 2.55. The third-order valence-electron chi connectivity index (χ3n) is 3.67. The molecule has 0 spiro atoms. The summed E-state index contributed by atoms with van der Waals surface area (Å²) in [5.74, 6) is 1.68. The molecule has 0 fully saturated rings. The van der Waals surface area contributed by atoms with Gasteiger partial charge in [0.25, 0.3) is 0 Å². The Morgan fingerprint density at radius 1 is 1.12 bits per heavy atom. The molecule has 5 heteroatoms. The monoisotopic (exact) mass is 337 g/mol. The zero-order valence-corrected chi connectivity index (χ0v) is 15.9. The van der Waals surface area contributed by atoms with Crippen molar-refractivity contribution in [1.29, 1.82) is 0 Å². The summed E-state index contributed by atoms with van der Waals surface area (Å²) in [6.45, 7) is 8.59. The van der Waals surface area contributed by atoms with Crippen molar-refractivity contribution in [2.24, 2.45) is 12.0 Å². The summed E-state index contributed by atoms with van der Waals surface area (Å²) in [7, 11) is 0.313. The van der Waals surface area contributed by atoms with E-state index in [2.05, 4.69) is 54.7 Å². The maximum Gasteiger partial charge on any atom is 0.242 e. The highest BCUT2D eigenvalue weighted by atomic mass is 28.4. The van der Waals surface area contributed by atoms with Crippen molar-refractivity contribution in [2.45, 2.75) is 26.6 Å². The standard InChI is InChI=1S/C19H23N3OSi/c1-14-10-11-16(18(12-14)23-24(3,4)5)20-13-19-21-15-8-6-7-9-17(15)22(19)2/h6-13H,1-5H3. The molecular formula is C19H23N3OSi. The average Bonchev–Trinajstić information content (AvgIpc) is 2.82. The molecule has 0 saturated heterocycles. The van der Waals surface area contributed by atoms with Gasteiger partial charge in [0.1, 0.15) is 11.4 Å². The summed E-state index contributed by atoms with van der Waals surface area (Å²) in [6, 6.07) is 14.2. The van der Waals surface area contributed by atoms with Gasteiger partial charge in [-0.25, -0.2) is 9.98 Å². The first-order valence-electron chi connectivity index (χ1n) is 8.09. The van der Waals surface area contributed by atoms with Gasteiger partial charge >= 0.3 is 0 Å². The molecule has 4 nitrogen and oxygen atoms in total. The maximum atomic E-state index is 6.19. The van der Waals surface area contributed by atoms with Crippen LogP contribution in [0.3, 0.4) is 0 Å². The minimum atomic E-state index is -1.69. The minimum Gasteiger partial charge on any atom is -0.543 e. The molecule has 0 aliphatic carbocycles. The van der Waals surface area contributed by atoms with Crippen LogP contribution in [0.4, 0.5) is 5.69 Å². The van der Waals surface area contributed by atoms with Gasteiger partial charge in [-0.3, -0.25) is 0 Å². The molecule has 0 aliphatic heterocycles. The first-order chi connectivity index (χ1) is 11.3. The SMILES string of the molecule is Cc1ccc(N=Cc2nc3ccccc3n2C)c(O[Si](C)(C)C)c1. The number of benzene rings is 2. The topological polar surface area (TPSA) is 39.4 Å². The Bertz CT molecular complexity index is 907. The molecule has 0 aliphatic rings. The van der Waals surface area contributed by atoms with Crippen LogP contribution >= 0.6 is 0 Å². The van der Waals surface area contributed by atoms with Crippen LogP contribution in [0, 0.1) is 6.92 Å². The molecule has 0 radical (unpaired) electrons. The largest absolute Gasteiger partial charge is 0.543 e. The fraction of sp³-hybridized carbons (Fsp3) is 0.263. The Balaban J connectivity index is 1.97.